The molecule has 0 spiro atoms. The second-order valence-electron chi connectivity index (χ2n) is 5.62. The molecule has 20 heavy (non-hydrogen) atoms. The van der Waals surface area contributed by atoms with Crippen molar-refractivity contribution < 1.29 is 9.50 Å². The predicted octanol–water partition coefficient (Wildman–Crippen LogP) is 2.79. The third kappa shape index (κ3) is 5.10. The average molecular weight is 282 g/mol. The molecule has 1 aromatic rings. The third-order valence-electron chi connectivity index (χ3n) is 3.64. The van der Waals surface area contributed by atoms with E-state index in [0.29, 0.717) is 5.69 Å². The van der Waals surface area contributed by atoms with Crippen molar-refractivity contribution in [3.05, 3.63) is 30.1 Å². The predicted molar refractivity (Wildman–Crippen MR) is 82.7 cm³/mol. The number of hydrogen-bond acceptors (Lipinski definition) is 3. The first-order valence-electron chi connectivity index (χ1n) is 7.34. The summed E-state index contributed by atoms with van der Waals surface area (Å²) in [6.07, 6.45) is 2.81. The molecular formula is C16H27FN2O. The van der Waals surface area contributed by atoms with Crippen LogP contribution in [-0.4, -0.2) is 37.4 Å². The van der Waals surface area contributed by atoms with Crippen LogP contribution in [0.5, 0.6) is 0 Å². The summed E-state index contributed by atoms with van der Waals surface area (Å²) in [6.45, 7) is 5.93. The first-order valence-corrected chi connectivity index (χ1v) is 7.34. The number of benzene rings is 1. The number of rotatable bonds is 9. The van der Waals surface area contributed by atoms with E-state index in [1.165, 1.54) is 6.07 Å². The van der Waals surface area contributed by atoms with E-state index in [1.54, 1.807) is 12.1 Å². The second-order valence-corrected chi connectivity index (χ2v) is 5.62. The molecule has 0 saturated carbocycles. The lowest BCUT2D eigenvalue weighted by atomic mass is 9.96. The molecule has 2 N–H and O–H groups in total. The van der Waals surface area contributed by atoms with Gasteiger partial charge in [0.1, 0.15) is 5.82 Å². The fraction of sp³-hybridized carbons (Fsp3) is 0.625. The van der Waals surface area contributed by atoms with Crippen LogP contribution in [0.2, 0.25) is 0 Å². The quantitative estimate of drug-likeness (QED) is 0.731. The number of nitrogens with one attached hydrogen (secondary N) is 1. The van der Waals surface area contributed by atoms with Gasteiger partial charge in [-0.15, -0.1) is 0 Å². The van der Waals surface area contributed by atoms with E-state index in [2.05, 4.69) is 12.2 Å². The van der Waals surface area contributed by atoms with Crippen molar-refractivity contribution in [1.29, 1.82) is 0 Å². The highest BCUT2D eigenvalue weighted by Gasteiger charge is 2.21. The topological polar surface area (TPSA) is 35.5 Å². The van der Waals surface area contributed by atoms with Crippen molar-refractivity contribution in [2.24, 2.45) is 0 Å². The fourth-order valence-corrected chi connectivity index (χ4v) is 2.24. The molecule has 3 nitrogen and oxygen atoms in total. The van der Waals surface area contributed by atoms with Crippen LogP contribution in [0.25, 0.3) is 0 Å². The lowest BCUT2D eigenvalue weighted by Gasteiger charge is -2.30. The number of para-hydroxylation sites is 1. The van der Waals surface area contributed by atoms with Crippen LogP contribution in [0.15, 0.2) is 24.3 Å². The van der Waals surface area contributed by atoms with Gasteiger partial charge in [-0.3, -0.25) is 0 Å². The zero-order valence-electron chi connectivity index (χ0n) is 12.8. The van der Waals surface area contributed by atoms with Gasteiger partial charge in [0.05, 0.1) is 12.3 Å². The number of aliphatic hydroxyl groups excluding tert-OH is 1. The zero-order chi connectivity index (χ0) is 15.0. The van der Waals surface area contributed by atoms with Gasteiger partial charge in [0.25, 0.3) is 0 Å². The van der Waals surface area contributed by atoms with Crippen LogP contribution in [0.3, 0.4) is 0 Å². The van der Waals surface area contributed by atoms with Crippen molar-refractivity contribution in [3.63, 3.8) is 0 Å². The van der Waals surface area contributed by atoms with Gasteiger partial charge in [-0.1, -0.05) is 19.1 Å². The lowest BCUT2D eigenvalue weighted by Crippen LogP contribution is -2.46. The molecule has 0 aliphatic carbocycles. The maximum Gasteiger partial charge on any atom is 0.146 e. The molecule has 1 aromatic carbocycles. The van der Waals surface area contributed by atoms with Gasteiger partial charge in [-0.25, -0.2) is 4.39 Å². The molecule has 0 fully saturated rings. The lowest BCUT2D eigenvalue weighted by molar-refractivity contribution is 0.164. The monoisotopic (exact) mass is 282 g/mol. The van der Waals surface area contributed by atoms with Crippen molar-refractivity contribution >= 4 is 5.69 Å². The first kappa shape index (κ1) is 16.9. The molecule has 0 aliphatic rings. The fourth-order valence-electron chi connectivity index (χ4n) is 2.24. The summed E-state index contributed by atoms with van der Waals surface area (Å²) < 4.78 is 13.6. The highest BCUT2D eigenvalue weighted by molar-refractivity contribution is 5.46. The van der Waals surface area contributed by atoms with Crippen LogP contribution < -0.4 is 10.2 Å². The normalized spacial score (nSPS) is 14.1. The Bertz CT molecular complexity index is 400. The Kier molecular flexibility index (Phi) is 6.96. The van der Waals surface area contributed by atoms with Crippen molar-refractivity contribution in [2.45, 2.75) is 38.6 Å². The number of aliphatic hydroxyl groups is 1. The Hall–Kier alpha value is -1.13. The molecule has 0 aromatic heterocycles. The molecule has 0 heterocycles. The summed E-state index contributed by atoms with van der Waals surface area (Å²) in [4.78, 5) is 1.92. The Morgan fingerprint density at radius 3 is 2.65 bits per heavy atom. The van der Waals surface area contributed by atoms with E-state index in [1.807, 2.05) is 24.9 Å². The number of halogens is 1. The maximum atomic E-state index is 13.6. The van der Waals surface area contributed by atoms with Crippen molar-refractivity contribution in [1.82, 2.24) is 5.32 Å². The smallest absolute Gasteiger partial charge is 0.146 e. The van der Waals surface area contributed by atoms with Crippen LogP contribution in [0.4, 0.5) is 10.1 Å². The highest BCUT2D eigenvalue weighted by Crippen LogP contribution is 2.19. The molecule has 1 atom stereocenters. The number of nitrogens with zero attached hydrogens (tertiary/aromatic N) is 1. The van der Waals surface area contributed by atoms with E-state index in [9.17, 15) is 9.50 Å². The van der Waals surface area contributed by atoms with Crippen molar-refractivity contribution in [2.75, 3.05) is 31.6 Å². The molecule has 0 amide bonds. The molecule has 1 unspecified atom stereocenters. The van der Waals surface area contributed by atoms with Crippen LogP contribution in [0.1, 0.15) is 33.1 Å². The Morgan fingerprint density at radius 2 is 2.05 bits per heavy atom. The van der Waals surface area contributed by atoms with E-state index in [4.69, 9.17) is 0 Å². The minimum Gasteiger partial charge on any atom is -0.394 e. The van der Waals surface area contributed by atoms with E-state index < -0.39 is 0 Å². The Morgan fingerprint density at radius 1 is 1.35 bits per heavy atom. The summed E-state index contributed by atoms with van der Waals surface area (Å²) in [5.74, 6) is -0.191. The minimum absolute atomic E-state index is 0.121. The van der Waals surface area contributed by atoms with Gasteiger partial charge in [-0.05, 0) is 44.9 Å². The van der Waals surface area contributed by atoms with Crippen LogP contribution in [-0.2, 0) is 0 Å². The summed E-state index contributed by atoms with van der Waals surface area (Å²) in [7, 11) is 1.90. The molecule has 114 valence electrons. The SMILES string of the molecule is CCCNC(C)(CO)CCCN(C)c1ccccc1F. The van der Waals surface area contributed by atoms with Gasteiger partial charge in [-0.2, -0.15) is 0 Å². The second kappa shape index (κ2) is 8.22. The standard InChI is InChI=1S/C16H27FN2O/c1-4-11-18-16(2,13-20)10-7-12-19(3)15-9-6-5-8-14(15)17/h5-6,8-9,18,20H,4,7,10-13H2,1-3H3. The summed E-state index contributed by atoms with van der Waals surface area (Å²) in [5.41, 5.74) is 0.381. The Balaban J connectivity index is 2.45. The summed E-state index contributed by atoms with van der Waals surface area (Å²) in [5, 5.41) is 12.9. The zero-order valence-corrected chi connectivity index (χ0v) is 12.8. The summed E-state index contributed by atoms with van der Waals surface area (Å²) >= 11 is 0. The third-order valence-corrected chi connectivity index (χ3v) is 3.64. The van der Waals surface area contributed by atoms with Gasteiger partial charge in [0.2, 0.25) is 0 Å². The van der Waals surface area contributed by atoms with Gasteiger partial charge >= 0.3 is 0 Å². The minimum atomic E-state index is -0.244. The van der Waals surface area contributed by atoms with E-state index >= 15 is 0 Å². The average Bonchev–Trinajstić information content (AvgIpc) is 2.45. The Labute approximate surface area is 121 Å². The number of anilines is 1. The molecule has 0 aliphatic heterocycles. The van der Waals surface area contributed by atoms with Gasteiger partial charge in [0.15, 0.2) is 0 Å². The first-order chi connectivity index (χ1) is 9.52. The molecule has 0 bridgehead atoms. The number of hydrogen-bond donors (Lipinski definition) is 2. The van der Waals surface area contributed by atoms with Gasteiger partial charge < -0.3 is 15.3 Å². The van der Waals surface area contributed by atoms with Crippen LogP contribution >= 0.6 is 0 Å². The largest absolute Gasteiger partial charge is 0.394 e. The molecular weight excluding hydrogens is 255 g/mol. The molecule has 1 rings (SSSR count). The molecule has 4 heteroatoms. The van der Waals surface area contributed by atoms with E-state index in [0.717, 1.165) is 32.4 Å². The van der Waals surface area contributed by atoms with Crippen LogP contribution in [0, 0.1) is 5.82 Å². The maximum absolute atomic E-state index is 13.6. The van der Waals surface area contributed by atoms with E-state index in [-0.39, 0.29) is 18.0 Å². The summed E-state index contributed by atoms with van der Waals surface area (Å²) in [6, 6.07) is 6.81. The highest BCUT2D eigenvalue weighted by atomic mass is 19.1. The molecule has 0 saturated heterocycles. The van der Waals surface area contributed by atoms with Crippen molar-refractivity contribution in [3.8, 4) is 0 Å². The van der Waals surface area contributed by atoms with Gasteiger partial charge in [0, 0.05) is 19.1 Å². The molecule has 0 radical (unpaired) electrons.